The molecular weight excluding hydrogens is 360 g/mol. The van der Waals surface area contributed by atoms with Crippen LogP contribution in [0.4, 0.5) is 0 Å². The maximum Gasteiger partial charge on any atom is 0.335 e. The van der Waals surface area contributed by atoms with Gasteiger partial charge < -0.3 is 10.2 Å². The first-order valence-electron chi connectivity index (χ1n) is 10.4. The first-order valence-corrected chi connectivity index (χ1v) is 10.4. The minimum atomic E-state index is -0.900. The number of hydrogen-bond donors (Lipinski definition) is 2. The summed E-state index contributed by atoms with van der Waals surface area (Å²) in [7, 11) is 0. The molecule has 3 nitrogen and oxygen atoms in total. The van der Waals surface area contributed by atoms with E-state index in [1.54, 1.807) is 6.07 Å². The van der Waals surface area contributed by atoms with Gasteiger partial charge in [0.2, 0.25) is 0 Å². The van der Waals surface area contributed by atoms with Gasteiger partial charge in [0.15, 0.2) is 0 Å². The van der Waals surface area contributed by atoms with Crippen molar-refractivity contribution in [3.8, 4) is 0 Å². The summed E-state index contributed by atoms with van der Waals surface area (Å²) in [5.41, 5.74) is 7.41. The lowest BCUT2D eigenvalue weighted by atomic mass is 9.62. The highest BCUT2D eigenvalue weighted by Crippen LogP contribution is 2.46. The Labute approximate surface area is 174 Å². The van der Waals surface area contributed by atoms with Crippen molar-refractivity contribution in [1.82, 2.24) is 0 Å². The fourth-order valence-electron chi connectivity index (χ4n) is 4.38. The fraction of sp³-hybridized carbons (Fsp3) is 0.423. The molecular formula is C26H32O3. The monoisotopic (exact) mass is 392 g/mol. The first-order chi connectivity index (χ1) is 13.5. The number of carbonyl (C=O) groups is 1. The molecule has 1 aliphatic carbocycles. The molecule has 0 unspecified atom stereocenters. The molecule has 3 rings (SSSR count). The van der Waals surface area contributed by atoms with E-state index in [-0.39, 0.29) is 17.4 Å². The van der Waals surface area contributed by atoms with E-state index in [1.807, 2.05) is 25.1 Å². The number of aliphatic hydroxyl groups excluding tert-OH is 1. The number of aromatic carboxylic acids is 1. The van der Waals surface area contributed by atoms with E-state index < -0.39 is 5.97 Å². The Morgan fingerprint density at radius 1 is 1.00 bits per heavy atom. The molecule has 0 bridgehead atoms. The number of fused-ring (bicyclic) bond motifs is 1. The maximum atomic E-state index is 11.2. The van der Waals surface area contributed by atoms with Gasteiger partial charge in [-0.2, -0.15) is 0 Å². The van der Waals surface area contributed by atoms with Gasteiger partial charge in [-0.1, -0.05) is 64.1 Å². The van der Waals surface area contributed by atoms with E-state index in [0.717, 1.165) is 35.1 Å². The normalized spacial score (nSPS) is 17.3. The van der Waals surface area contributed by atoms with Crippen LogP contribution in [0.5, 0.6) is 0 Å². The number of benzene rings is 2. The van der Waals surface area contributed by atoms with Gasteiger partial charge in [0.05, 0.1) is 5.56 Å². The third kappa shape index (κ3) is 4.30. The molecule has 1 aliphatic rings. The number of carboxylic acids is 1. The van der Waals surface area contributed by atoms with Crippen molar-refractivity contribution < 1.29 is 15.0 Å². The number of hydrogen-bond acceptors (Lipinski definition) is 2. The lowest BCUT2D eigenvalue weighted by Gasteiger charge is -2.42. The van der Waals surface area contributed by atoms with Gasteiger partial charge in [-0.3, -0.25) is 0 Å². The summed E-state index contributed by atoms with van der Waals surface area (Å²) < 4.78 is 0. The average molecular weight is 393 g/mol. The van der Waals surface area contributed by atoms with Gasteiger partial charge in [0.1, 0.15) is 0 Å². The van der Waals surface area contributed by atoms with Crippen LogP contribution in [0.3, 0.4) is 0 Å². The van der Waals surface area contributed by atoms with Crippen molar-refractivity contribution in [3.63, 3.8) is 0 Å². The molecule has 2 aromatic carbocycles. The minimum Gasteiger partial charge on any atom is -0.478 e. The average Bonchev–Trinajstić information content (AvgIpc) is 2.64. The van der Waals surface area contributed by atoms with Crippen LogP contribution in [0.15, 0.2) is 30.3 Å². The topological polar surface area (TPSA) is 57.5 Å². The zero-order valence-electron chi connectivity index (χ0n) is 18.2. The van der Waals surface area contributed by atoms with E-state index >= 15 is 0 Å². The second kappa shape index (κ2) is 7.79. The Morgan fingerprint density at radius 3 is 2.17 bits per heavy atom. The van der Waals surface area contributed by atoms with Crippen molar-refractivity contribution in [1.29, 1.82) is 0 Å². The second-order valence-electron chi connectivity index (χ2n) is 9.55. The van der Waals surface area contributed by atoms with Gasteiger partial charge >= 0.3 is 5.97 Å². The summed E-state index contributed by atoms with van der Waals surface area (Å²) in [4.78, 5) is 11.2. The van der Waals surface area contributed by atoms with Crippen LogP contribution in [0.2, 0.25) is 0 Å². The molecule has 2 aromatic rings. The molecule has 0 atom stereocenters. The number of rotatable bonds is 5. The largest absolute Gasteiger partial charge is 0.478 e. The third-order valence-corrected chi connectivity index (χ3v) is 6.43. The van der Waals surface area contributed by atoms with Crippen LogP contribution in [-0.2, 0) is 17.3 Å². The second-order valence-corrected chi connectivity index (χ2v) is 9.55. The zero-order chi connectivity index (χ0) is 21.4. The predicted octanol–water partition coefficient (Wildman–Crippen LogP) is 5.75. The van der Waals surface area contributed by atoms with Crippen molar-refractivity contribution >= 4 is 18.1 Å². The van der Waals surface area contributed by atoms with Gasteiger partial charge in [0.25, 0.3) is 0 Å². The highest BCUT2D eigenvalue weighted by atomic mass is 16.4. The summed E-state index contributed by atoms with van der Waals surface area (Å²) in [6.45, 7) is 11.2. The Bertz CT molecular complexity index is 964. The lowest BCUT2D eigenvalue weighted by molar-refractivity contribution is 0.0696. The predicted molar refractivity (Wildman–Crippen MR) is 120 cm³/mol. The molecule has 154 valence electrons. The molecule has 0 aromatic heterocycles. The highest BCUT2D eigenvalue weighted by Gasteiger charge is 2.37. The third-order valence-electron chi connectivity index (χ3n) is 6.43. The molecule has 0 saturated heterocycles. The smallest absolute Gasteiger partial charge is 0.335 e. The van der Waals surface area contributed by atoms with Crippen molar-refractivity contribution in [2.24, 2.45) is 0 Å². The van der Waals surface area contributed by atoms with Crippen LogP contribution in [0.1, 0.15) is 84.3 Å². The Kier molecular flexibility index (Phi) is 5.73. The van der Waals surface area contributed by atoms with E-state index in [2.05, 4.69) is 45.9 Å². The molecule has 0 saturated carbocycles. The number of aliphatic hydroxyl groups is 1. The Balaban J connectivity index is 2.06. The molecule has 0 radical (unpaired) electrons. The maximum absolute atomic E-state index is 11.2. The van der Waals surface area contributed by atoms with E-state index in [1.165, 1.54) is 11.1 Å². The lowest BCUT2D eigenvalue weighted by Crippen LogP contribution is -2.34. The van der Waals surface area contributed by atoms with Crippen LogP contribution >= 0.6 is 0 Å². The van der Waals surface area contributed by atoms with Crippen molar-refractivity contribution in [2.75, 3.05) is 6.61 Å². The first kappa shape index (κ1) is 21.3. The van der Waals surface area contributed by atoms with Crippen molar-refractivity contribution in [3.05, 3.63) is 69.3 Å². The number of aryl methyl sites for hydroxylation is 1. The Morgan fingerprint density at radius 2 is 1.62 bits per heavy atom. The minimum absolute atomic E-state index is 0.121. The molecule has 3 heteroatoms. The molecule has 2 N–H and O–H groups in total. The van der Waals surface area contributed by atoms with E-state index in [9.17, 15) is 15.0 Å². The summed E-state index contributed by atoms with van der Waals surface area (Å²) in [5, 5.41) is 18.8. The van der Waals surface area contributed by atoms with Crippen LogP contribution < -0.4 is 0 Å². The van der Waals surface area contributed by atoms with Gasteiger partial charge in [0, 0.05) is 6.61 Å². The van der Waals surface area contributed by atoms with Crippen LogP contribution in [0, 0.1) is 6.92 Å². The van der Waals surface area contributed by atoms with Crippen molar-refractivity contribution in [2.45, 2.75) is 64.7 Å². The molecule has 0 amide bonds. The highest BCUT2D eigenvalue weighted by molar-refractivity contribution is 5.90. The van der Waals surface area contributed by atoms with E-state index in [0.29, 0.717) is 12.0 Å². The summed E-state index contributed by atoms with van der Waals surface area (Å²) in [5.74, 6) is -0.900. The van der Waals surface area contributed by atoms with Crippen LogP contribution in [-0.4, -0.2) is 22.8 Å². The molecule has 0 spiro atoms. The van der Waals surface area contributed by atoms with Gasteiger partial charge in [-0.25, -0.2) is 4.79 Å². The summed E-state index contributed by atoms with van der Waals surface area (Å²) in [6, 6.07) is 9.99. The van der Waals surface area contributed by atoms with E-state index in [4.69, 9.17) is 0 Å². The molecule has 0 fully saturated rings. The Hall–Kier alpha value is -2.39. The SMILES string of the molecule is Cc1cc(C=Cc2cc3c(cc2CCO)C(C)(C)CCC3(C)C)ccc1C(=O)O. The van der Waals surface area contributed by atoms with Gasteiger partial charge in [-0.05, 0) is 76.5 Å². The van der Waals surface area contributed by atoms with Gasteiger partial charge in [-0.15, -0.1) is 0 Å². The molecule has 0 aliphatic heterocycles. The number of carboxylic acid groups (broad SMARTS) is 1. The summed E-state index contributed by atoms with van der Waals surface area (Å²) >= 11 is 0. The fourth-order valence-corrected chi connectivity index (χ4v) is 4.38. The molecule has 0 heterocycles. The standard InChI is InChI=1S/C26H32O3/c1-17-14-18(7-9-21(17)24(28)29)6-8-19-15-22-23(16-20(19)10-13-27)26(4,5)12-11-25(22,2)3/h6-9,14-16,27H,10-13H2,1-5H3,(H,28,29). The quantitative estimate of drug-likeness (QED) is 0.637. The molecule has 29 heavy (non-hydrogen) atoms. The zero-order valence-corrected chi connectivity index (χ0v) is 18.2. The summed E-state index contributed by atoms with van der Waals surface area (Å²) in [6.07, 6.45) is 7.07. The van der Waals surface area contributed by atoms with Crippen LogP contribution in [0.25, 0.3) is 12.2 Å².